The molecule has 0 saturated carbocycles. The van der Waals surface area contributed by atoms with E-state index in [1.165, 1.54) is 4.88 Å². The number of hydrogen-bond acceptors (Lipinski definition) is 4. The van der Waals surface area contributed by atoms with Gasteiger partial charge in [0.1, 0.15) is 11.9 Å². The van der Waals surface area contributed by atoms with Crippen LogP contribution in [0.5, 0.6) is 5.75 Å². The predicted octanol–water partition coefficient (Wildman–Crippen LogP) is 5.44. The van der Waals surface area contributed by atoms with Crippen LogP contribution in [0.25, 0.3) is 0 Å². The Morgan fingerprint density at radius 1 is 1.04 bits per heavy atom. The normalized spacial score (nSPS) is 20.3. The first-order valence-corrected chi connectivity index (χ1v) is 9.78. The molecule has 3 nitrogen and oxygen atoms in total. The molecule has 0 spiro atoms. The molecule has 0 aliphatic carbocycles. The molecule has 4 rings (SSSR count). The Bertz CT molecular complexity index is 890. The maximum Gasteiger partial charge on any atom is 0.126 e. The second-order valence-electron chi connectivity index (χ2n) is 5.99. The molecule has 0 amide bonds. The van der Waals surface area contributed by atoms with Crippen molar-refractivity contribution in [3.05, 3.63) is 86.5 Å². The number of phenolic OH excluding ortho intramolecular Hbond substituents is 1. The predicted molar refractivity (Wildman–Crippen MR) is 106 cm³/mol. The van der Waals surface area contributed by atoms with Gasteiger partial charge in [0, 0.05) is 27.4 Å². The third-order valence-corrected chi connectivity index (χ3v) is 5.79. The molecule has 3 aromatic rings. The Balaban J connectivity index is 1.74. The lowest BCUT2D eigenvalue weighted by Gasteiger charge is -2.30. The van der Waals surface area contributed by atoms with Gasteiger partial charge in [-0.05, 0) is 35.2 Å². The van der Waals surface area contributed by atoms with E-state index in [2.05, 4.69) is 44.8 Å². The molecule has 1 aliphatic rings. The van der Waals surface area contributed by atoms with Gasteiger partial charge in [0.15, 0.2) is 0 Å². The van der Waals surface area contributed by atoms with Gasteiger partial charge in [0.25, 0.3) is 0 Å². The third kappa shape index (κ3) is 3.54. The lowest BCUT2D eigenvalue weighted by atomic mass is 9.96. The van der Waals surface area contributed by atoms with E-state index in [0.29, 0.717) is 5.75 Å². The van der Waals surface area contributed by atoms with Gasteiger partial charge in [-0.15, -0.1) is 11.3 Å². The number of rotatable bonds is 3. The number of aromatic hydroxyl groups is 1. The minimum atomic E-state index is -0.136. The zero-order valence-corrected chi connectivity index (χ0v) is 15.8. The first kappa shape index (κ1) is 16.5. The van der Waals surface area contributed by atoms with Crippen molar-refractivity contribution >= 4 is 33.0 Å². The van der Waals surface area contributed by atoms with E-state index in [9.17, 15) is 5.11 Å². The van der Waals surface area contributed by atoms with Crippen molar-refractivity contribution in [2.75, 3.05) is 0 Å². The SMILES string of the molecule is Oc1ccccc1C1CC(c2cccs2)=NC(c2ccc(Br)cc2)N1. The number of para-hydroxylation sites is 1. The Kier molecular flexibility index (Phi) is 4.70. The molecule has 0 bridgehead atoms. The molecule has 2 unspecified atom stereocenters. The first-order chi connectivity index (χ1) is 12.2. The number of halogens is 1. The summed E-state index contributed by atoms with van der Waals surface area (Å²) in [6, 6.07) is 19.9. The fourth-order valence-corrected chi connectivity index (χ4v) is 4.09. The van der Waals surface area contributed by atoms with Crippen molar-refractivity contribution < 1.29 is 5.11 Å². The quantitative estimate of drug-likeness (QED) is 0.601. The van der Waals surface area contributed by atoms with Crippen molar-refractivity contribution in [1.82, 2.24) is 5.32 Å². The van der Waals surface area contributed by atoms with Crippen LogP contribution in [-0.4, -0.2) is 10.8 Å². The van der Waals surface area contributed by atoms with Crippen molar-refractivity contribution in [3.63, 3.8) is 0 Å². The van der Waals surface area contributed by atoms with Crippen LogP contribution >= 0.6 is 27.3 Å². The maximum absolute atomic E-state index is 10.3. The van der Waals surface area contributed by atoms with Gasteiger partial charge < -0.3 is 5.11 Å². The van der Waals surface area contributed by atoms with Gasteiger partial charge in [-0.3, -0.25) is 10.3 Å². The zero-order chi connectivity index (χ0) is 17.2. The summed E-state index contributed by atoms with van der Waals surface area (Å²) in [6.45, 7) is 0. The van der Waals surface area contributed by atoms with Crippen LogP contribution in [0.4, 0.5) is 0 Å². The number of phenols is 1. The van der Waals surface area contributed by atoms with E-state index in [4.69, 9.17) is 4.99 Å². The third-order valence-electron chi connectivity index (χ3n) is 4.34. The fourth-order valence-electron chi connectivity index (χ4n) is 3.09. The Hall–Kier alpha value is -1.95. The van der Waals surface area contributed by atoms with E-state index in [0.717, 1.165) is 27.7 Å². The van der Waals surface area contributed by atoms with E-state index in [1.54, 1.807) is 17.4 Å². The highest BCUT2D eigenvalue weighted by atomic mass is 79.9. The average Bonchev–Trinajstić information content (AvgIpc) is 3.17. The Labute approximate surface area is 159 Å². The van der Waals surface area contributed by atoms with Crippen LogP contribution in [0.3, 0.4) is 0 Å². The van der Waals surface area contributed by atoms with Gasteiger partial charge in [-0.1, -0.05) is 52.3 Å². The van der Waals surface area contributed by atoms with Crippen LogP contribution in [0.15, 0.2) is 75.5 Å². The number of benzene rings is 2. The van der Waals surface area contributed by atoms with Gasteiger partial charge in [0.05, 0.1) is 5.71 Å². The number of nitrogens with zero attached hydrogens (tertiary/aromatic N) is 1. The molecule has 2 heterocycles. The second-order valence-corrected chi connectivity index (χ2v) is 7.85. The zero-order valence-electron chi connectivity index (χ0n) is 13.4. The standard InChI is InChI=1S/C20H17BrN2OS/c21-14-9-7-13(8-10-14)20-22-16(15-4-1-2-5-18(15)24)12-17(23-20)19-6-3-11-25-19/h1-11,16,20,22,24H,12H2. The van der Waals surface area contributed by atoms with Crippen molar-refractivity contribution in [3.8, 4) is 5.75 Å². The maximum atomic E-state index is 10.3. The molecule has 2 N–H and O–H groups in total. The summed E-state index contributed by atoms with van der Waals surface area (Å²) in [5.74, 6) is 0.321. The molecule has 2 aromatic carbocycles. The summed E-state index contributed by atoms with van der Waals surface area (Å²) in [5.41, 5.74) is 3.10. The Morgan fingerprint density at radius 2 is 1.84 bits per heavy atom. The monoisotopic (exact) mass is 412 g/mol. The lowest BCUT2D eigenvalue weighted by molar-refractivity contribution is 0.413. The molecule has 1 aromatic heterocycles. The Morgan fingerprint density at radius 3 is 2.56 bits per heavy atom. The van der Waals surface area contributed by atoms with Crippen molar-refractivity contribution in [2.24, 2.45) is 4.99 Å². The lowest BCUT2D eigenvalue weighted by Crippen LogP contribution is -2.32. The molecule has 25 heavy (non-hydrogen) atoms. The highest BCUT2D eigenvalue weighted by Crippen LogP contribution is 2.35. The molecule has 2 atom stereocenters. The first-order valence-electron chi connectivity index (χ1n) is 8.10. The van der Waals surface area contributed by atoms with Crippen LogP contribution in [-0.2, 0) is 0 Å². The average molecular weight is 413 g/mol. The summed E-state index contributed by atoms with van der Waals surface area (Å²) in [4.78, 5) is 6.13. The van der Waals surface area contributed by atoms with E-state index >= 15 is 0 Å². The van der Waals surface area contributed by atoms with E-state index in [1.807, 2.05) is 36.4 Å². The summed E-state index contributed by atoms with van der Waals surface area (Å²) in [7, 11) is 0. The van der Waals surface area contributed by atoms with Crippen LogP contribution in [0.2, 0.25) is 0 Å². The van der Waals surface area contributed by atoms with Gasteiger partial charge in [-0.25, -0.2) is 0 Å². The highest BCUT2D eigenvalue weighted by Gasteiger charge is 2.27. The van der Waals surface area contributed by atoms with Crippen LogP contribution in [0.1, 0.15) is 34.6 Å². The highest BCUT2D eigenvalue weighted by molar-refractivity contribution is 9.10. The molecule has 5 heteroatoms. The molecule has 1 aliphatic heterocycles. The summed E-state index contributed by atoms with van der Waals surface area (Å²) >= 11 is 5.19. The minimum Gasteiger partial charge on any atom is -0.508 e. The van der Waals surface area contributed by atoms with Crippen LogP contribution in [0, 0.1) is 0 Å². The van der Waals surface area contributed by atoms with E-state index < -0.39 is 0 Å². The number of hydrogen-bond donors (Lipinski definition) is 2. The molecule has 0 saturated heterocycles. The van der Waals surface area contributed by atoms with E-state index in [-0.39, 0.29) is 12.2 Å². The minimum absolute atomic E-state index is 0.0180. The van der Waals surface area contributed by atoms with Gasteiger partial charge in [-0.2, -0.15) is 0 Å². The van der Waals surface area contributed by atoms with Crippen molar-refractivity contribution in [1.29, 1.82) is 0 Å². The molecular weight excluding hydrogens is 396 g/mol. The summed E-state index contributed by atoms with van der Waals surface area (Å²) < 4.78 is 1.05. The number of nitrogens with one attached hydrogen (secondary N) is 1. The van der Waals surface area contributed by atoms with Crippen molar-refractivity contribution in [2.45, 2.75) is 18.6 Å². The molecule has 0 radical (unpaired) electrons. The molecule has 0 fully saturated rings. The topological polar surface area (TPSA) is 44.6 Å². The number of thiophene rings is 1. The molecule has 126 valence electrons. The van der Waals surface area contributed by atoms with Gasteiger partial charge in [0.2, 0.25) is 0 Å². The van der Waals surface area contributed by atoms with Crippen LogP contribution < -0.4 is 5.32 Å². The number of aliphatic imine (C=N–C) groups is 1. The molecular formula is C20H17BrN2OS. The second kappa shape index (κ2) is 7.12. The van der Waals surface area contributed by atoms with Gasteiger partial charge >= 0.3 is 0 Å². The summed E-state index contributed by atoms with van der Waals surface area (Å²) in [5, 5.41) is 15.9. The largest absolute Gasteiger partial charge is 0.508 e. The fraction of sp³-hybridized carbons (Fsp3) is 0.150. The summed E-state index contributed by atoms with van der Waals surface area (Å²) in [6.07, 6.45) is 0.619. The smallest absolute Gasteiger partial charge is 0.126 e.